The van der Waals surface area contributed by atoms with Gasteiger partial charge in [-0.2, -0.15) is 0 Å². The lowest BCUT2D eigenvalue weighted by Gasteiger charge is -2.27. The second kappa shape index (κ2) is 6.89. The predicted molar refractivity (Wildman–Crippen MR) is 102 cm³/mol. The number of nitrogens with zero attached hydrogens (tertiary/aromatic N) is 2. The number of benzene rings is 2. The van der Waals surface area contributed by atoms with Gasteiger partial charge in [0.05, 0.1) is 12.1 Å². The molecule has 0 N–H and O–H groups in total. The lowest BCUT2D eigenvalue weighted by atomic mass is 10.0. The Morgan fingerprint density at radius 2 is 1.48 bits per heavy atom. The number of ether oxygens (including phenoxy) is 1. The van der Waals surface area contributed by atoms with Crippen LogP contribution in [0.2, 0.25) is 0 Å². The topological polar surface area (TPSA) is 32.8 Å². The molecular formula is C21H26N2O2. The number of hydrogen-bond acceptors (Lipinski definition) is 3. The largest absolute Gasteiger partial charge is 0.382 e. The SMILES string of the molecule is COCC1(N(C)C(=O)c2ccc(-c3ccc(N(C)C)cc3)cc2)CC1. The monoisotopic (exact) mass is 338 g/mol. The maximum atomic E-state index is 12.7. The molecule has 0 aliphatic heterocycles. The molecule has 1 amide bonds. The molecule has 3 rings (SSSR count). The summed E-state index contributed by atoms with van der Waals surface area (Å²) in [5.41, 5.74) is 4.05. The molecule has 0 heterocycles. The van der Waals surface area contributed by atoms with Gasteiger partial charge in [0.1, 0.15) is 0 Å². The van der Waals surface area contributed by atoms with Gasteiger partial charge in [-0.1, -0.05) is 24.3 Å². The minimum atomic E-state index is -0.105. The zero-order valence-electron chi connectivity index (χ0n) is 15.5. The van der Waals surface area contributed by atoms with Gasteiger partial charge >= 0.3 is 0 Å². The van der Waals surface area contributed by atoms with Crippen molar-refractivity contribution in [2.45, 2.75) is 18.4 Å². The lowest BCUT2D eigenvalue weighted by molar-refractivity contribution is 0.0551. The number of carbonyl (C=O) groups is 1. The minimum Gasteiger partial charge on any atom is -0.382 e. The Hall–Kier alpha value is -2.33. The Morgan fingerprint density at radius 1 is 0.960 bits per heavy atom. The first-order chi connectivity index (χ1) is 12.0. The van der Waals surface area contributed by atoms with Crippen molar-refractivity contribution in [1.29, 1.82) is 0 Å². The second-order valence-electron chi connectivity index (χ2n) is 7.04. The summed E-state index contributed by atoms with van der Waals surface area (Å²) in [4.78, 5) is 16.7. The number of rotatable bonds is 6. The lowest BCUT2D eigenvalue weighted by Crippen LogP contribution is -2.42. The molecule has 0 unspecified atom stereocenters. The fourth-order valence-corrected chi connectivity index (χ4v) is 3.16. The molecule has 1 fully saturated rings. The average molecular weight is 338 g/mol. The molecule has 0 spiro atoms. The van der Waals surface area contributed by atoms with E-state index in [0.29, 0.717) is 6.61 Å². The molecular weight excluding hydrogens is 312 g/mol. The summed E-state index contributed by atoms with van der Waals surface area (Å²) >= 11 is 0. The van der Waals surface area contributed by atoms with Crippen LogP contribution in [0, 0.1) is 0 Å². The number of anilines is 1. The Balaban J connectivity index is 1.74. The summed E-state index contributed by atoms with van der Waals surface area (Å²) < 4.78 is 5.28. The van der Waals surface area contributed by atoms with E-state index < -0.39 is 0 Å². The van der Waals surface area contributed by atoms with Crippen molar-refractivity contribution in [2.24, 2.45) is 0 Å². The van der Waals surface area contributed by atoms with Crippen LogP contribution in [0.25, 0.3) is 11.1 Å². The van der Waals surface area contributed by atoms with E-state index in [9.17, 15) is 4.79 Å². The van der Waals surface area contributed by atoms with Crippen LogP contribution in [0.1, 0.15) is 23.2 Å². The van der Waals surface area contributed by atoms with Crippen molar-refractivity contribution >= 4 is 11.6 Å². The molecule has 25 heavy (non-hydrogen) atoms. The van der Waals surface area contributed by atoms with E-state index in [1.165, 1.54) is 5.69 Å². The van der Waals surface area contributed by atoms with Gasteiger partial charge in [0.15, 0.2) is 0 Å². The van der Waals surface area contributed by atoms with Gasteiger partial charge in [0, 0.05) is 39.5 Å². The molecule has 2 aromatic rings. The summed E-state index contributed by atoms with van der Waals surface area (Å²) in [6, 6.07) is 16.3. The fraction of sp³-hybridized carbons (Fsp3) is 0.381. The van der Waals surface area contributed by atoms with Gasteiger partial charge in [-0.25, -0.2) is 0 Å². The Morgan fingerprint density at radius 3 is 1.92 bits per heavy atom. The number of likely N-dealkylation sites (N-methyl/N-ethyl adjacent to an activating group) is 1. The van der Waals surface area contributed by atoms with Crippen LogP contribution in [0.3, 0.4) is 0 Å². The quantitative estimate of drug-likeness (QED) is 0.806. The molecule has 132 valence electrons. The number of amides is 1. The second-order valence-corrected chi connectivity index (χ2v) is 7.04. The van der Waals surface area contributed by atoms with Gasteiger partial charge < -0.3 is 14.5 Å². The molecule has 1 aliphatic carbocycles. The first kappa shape index (κ1) is 17.5. The summed E-state index contributed by atoms with van der Waals surface area (Å²) in [5, 5.41) is 0. The smallest absolute Gasteiger partial charge is 0.254 e. The van der Waals surface area contributed by atoms with Crippen molar-refractivity contribution in [1.82, 2.24) is 4.90 Å². The Labute approximate surface area is 150 Å². The van der Waals surface area contributed by atoms with E-state index in [1.54, 1.807) is 7.11 Å². The van der Waals surface area contributed by atoms with Crippen LogP contribution >= 0.6 is 0 Å². The molecule has 0 saturated heterocycles. The maximum absolute atomic E-state index is 12.7. The summed E-state index contributed by atoms with van der Waals surface area (Å²) in [5.74, 6) is 0.0593. The van der Waals surface area contributed by atoms with Crippen LogP contribution in [0.5, 0.6) is 0 Å². The van der Waals surface area contributed by atoms with Gasteiger partial charge in [-0.3, -0.25) is 4.79 Å². The molecule has 1 aliphatic rings. The average Bonchev–Trinajstić information content (AvgIpc) is 3.42. The maximum Gasteiger partial charge on any atom is 0.254 e. The summed E-state index contributed by atoms with van der Waals surface area (Å²) in [6.45, 7) is 0.603. The number of methoxy groups -OCH3 is 1. The van der Waals surface area contributed by atoms with Gasteiger partial charge in [0.2, 0.25) is 0 Å². The van der Waals surface area contributed by atoms with E-state index in [-0.39, 0.29) is 11.4 Å². The van der Waals surface area contributed by atoms with Crippen LogP contribution in [-0.2, 0) is 4.74 Å². The van der Waals surface area contributed by atoms with Gasteiger partial charge in [-0.15, -0.1) is 0 Å². The molecule has 4 nitrogen and oxygen atoms in total. The zero-order chi connectivity index (χ0) is 18.0. The van der Waals surface area contributed by atoms with Gasteiger partial charge in [0.25, 0.3) is 5.91 Å². The van der Waals surface area contributed by atoms with Crippen molar-refractivity contribution < 1.29 is 9.53 Å². The van der Waals surface area contributed by atoms with Crippen LogP contribution in [0.15, 0.2) is 48.5 Å². The van der Waals surface area contributed by atoms with Crippen LogP contribution in [0.4, 0.5) is 5.69 Å². The minimum absolute atomic E-state index is 0.0593. The third-order valence-corrected chi connectivity index (χ3v) is 5.11. The fourth-order valence-electron chi connectivity index (χ4n) is 3.16. The molecule has 0 radical (unpaired) electrons. The Kier molecular flexibility index (Phi) is 4.82. The highest BCUT2D eigenvalue weighted by atomic mass is 16.5. The van der Waals surface area contributed by atoms with E-state index in [2.05, 4.69) is 29.2 Å². The zero-order valence-corrected chi connectivity index (χ0v) is 15.5. The highest BCUT2D eigenvalue weighted by molar-refractivity contribution is 5.95. The number of hydrogen-bond donors (Lipinski definition) is 0. The molecule has 4 heteroatoms. The van der Waals surface area contributed by atoms with Crippen molar-refractivity contribution in [2.75, 3.05) is 39.8 Å². The summed E-state index contributed by atoms with van der Waals surface area (Å²) in [6.07, 6.45) is 2.03. The molecule has 0 atom stereocenters. The predicted octanol–water partition coefficient (Wildman–Crippen LogP) is 3.67. The van der Waals surface area contributed by atoms with E-state index in [0.717, 1.165) is 29.5 Å². The highest BCUT2D eigenvalue weighted by Gasteiger charge is 2.48. The standard InChI is InChI=1S/C21H26N2O2/c1-22(2)19-11-9-17(10-12-19)16-5-7-18(8-6-16)20(24)23(3)21(13-14-21)15-25-4/h5-12H,13-15H2,1-4H3. The first-order valence-corrected chi connectivity index (χ1v) is 8.62. The Bertz CT molecular complexity index is 731. The highest BCUT2D eigenvalue weighted by Crippen LogP contribution is 2.41. The van der Waals surface area contributed by atoms with Crippen LogP contribution < -0.4 is 4.90 Å². The van der Waals surface area contributed by atoms with Gasteiger partial charge in [-0.05, 0) is 48.2 Å². The molecule has 0 aromatic heterocycles. The molecule has 2 aromatic carbocycles. The molecule has 0 bridgehead atoms. The summed E-state index contributed by atoms with van der Waals surface area (Å²) in [7, 11) is 7.63. The number of carbonyl (C=O) groups excluding carboxylic acids is 1. The van der Waals surface area contributed by atoms with E-state index in [1.807, 2.05) is 50.3 Å². The van der Waals surface area contributed by atoms with Crippen LogP contribution in [-0.4, -0.2) is 51.2 Å². The molecule has 1 saturated carbocycles. The third kappa shape index (κ3) is 3.54. The third-order valence-electron chi connectivity index (χ3n) is 5.11. The van der Waals surface area contributed by atoms with E-state index in [4.69, 9.17) is 4.74 Å². The van der Waals surface area contributed by atoms with Crippen molar-refractivity contribution in [3.63, 3.8) is 0 Å². The van der Waals surface area contributed by atoms with Crippen molar-refractivity contribution in [3.05, 3.63) is 54.1 Å². The van der Waals surface area contributed by atoms with E-state index >= 15 is 0 Å². The first-order valence-electron chi connectivity index (χ1n) is 8.62. The normalized spacial score (nSPS) is 14.9. The van der Waals surface area contributed by atoms with Crippen molar-refractivity contribution in [3.8, 4) is 11.1 Å².